The van der Waals surface area contributed by atoms with Crippen molar-refractivity contribution in [1.29, 1.82) is 0 Å². The van der Waals surface area contributed by atoms with E-state index in [4.69, 9.17) is 9.84 Å². The summed E-state index contributed by atoms with van der Waals surface area (Å²) in [5.41, 5.74) is -1.69. The van der Waals surface area contributed by atoms with Crippen LogP contribution in [0.3, 0.4) is 0 Å². The van der Waals surface area contributed by atoms with Gasteiger partial charge in [-0.2, -0.15) is 13.2 Å². The number of aliphatic hydroxyl groups is 1. The molecule has 106 valence electrons. The van der Waals surface area contributed by atoms with Crippen LogP contribution in [0.4, 0.5) is 13.2 Å². The van der Waals surface area contributed by atoms with E-state index in [0.717, 1.165) is 12.3 Å². The van der Waals surface area contributed by atoms with Crippen LogP contribution in [0.25, 0.3) is 0 Å². The van der Waals surface area contributed by atoms with Gasteiger partial charge in [0.1, 0.15) is 12.1 Å². The largest absolute Gasteiger partial charge is 0.396 e. The number of aliphatic hydroxyl groups excluding tert-OH is 1. The van der Waals surface area contributed by atoms with Gasteiger partial charge >= 0.3 is 11.9 Å². The topological polar surface area (TPSA) is 84.3 Å². The molecule has 1 saturated heterocycles. The first-order valence-corrected chi connectivity index (χ1v) is 5.47. The monoisotopic (exact) mass is 280 g/mol. The number of alkyl halides is 3. The zero-order chi connectivity index (χ0) is 14.2. The number of nitrogens with one attached hydrogen (secondary N) is 1. The number of hydrogen-bond acceptors (Lipinski definition) is 4. The molecule has 19 heavy (non-hydrogen) atoms. The lowest BCUT2D eigenvalue weighted by Crippen LogP contribution is -2.37. The molecule has 0 unspecified atom stereocenters. The average molecular weight is 280 g/mol. The minimum Gasteiger partial charge on any atom is -0.394 e. The van der Waals surface area contributed by atoms with Crippen molar-refractivity contribution in [3.05, 3.63) is 33.1 Å². The van der Waals surface area contributed by atoms with Crippen molar-refractivity contribution in [2.45, 2.75) is 24.9 Å². The van der Waals surface area contributed by atoms with E-state index in [9.17, 15) is 22.8 Å². The second-order valence-corrected chi connectivity index (χ2v) is 4.23. The summed E-state index contributed by atoms with van der Waals surface area (Å²) in [5.74, 6) is -1.91. The first kappa shape index (κ1) is 13.8. The standard InChI is InChI=1S/C10H11F3N2O4/c11-10(12,13)6-3-5(4-16)19-8(6)15-2-1-7(17)14-9(15)18/h1-2,5-6,8,16H,3-4H2,(H,14,17,18)/t5-,6-,8-/m0/s1. The molecule has 1 aromatic heterocycles. The lowest BCUT2D eigenvalue weighted by molar-refractivity contribution is -0.198. The van der Waals surface area contributed by atoms with E-state index in [1.54, 1.807) is 0 Å². The summed E-state index contributed by atoms with van der Waals surface area (Å²) in [6.07, 6.45) is -6.62. The molecule has 9 heteroatoms. The third-order valence-corrected chi connectivity index (χ3v) is 2.94. The van der Waals surface area contributed by atoms with Crippen LogP contribution in [0.5, 0.6) is 0 Å². The van der Waals surface area contributed by atoms with Crippen molar-refractivity contribution < 1.29 is 23.0 Å². The summed E-state index contributed by atoms with van der Waals surface area (Å²) in [6, 6.07) is 0.935. The molecule has 2 heterocycles. The Morgan fingerprint density at radius 3 is 2.68 bits per heavy atom. The molecule has 1 aromatic rings. The molecule has 0 aromatic carbocycles. The summed E-state index contributed by atoms with van der Waals surface area (Å²) in [6.45, 7) is -0.568. The van der Waals surface area contributed by atoms with Gasteiger partial charge in [-0.15, -0.1) is 0 Å². The average Bonchev–Trinajstić information content (AvgIpc) is 2.72. The Morgan fingerprint density at radius 1 is 1.47 bits per heavy atom. The van der Waals surface area contributed by atoms with Crippen LogP contribution in [0.2, 0.25) is 0 Å². The van der Waals surface area contributed by atoms with Crippen LogP contribution >= 0.6 is 0 Å². The van der Waals surface area contributed by atoms with Crippen molar-refractivity contribution in [3.8, 4) is 0 Å². The first-order valence-electron chi connectivity index (χ1n) is 5.47. The van der Waals surface area contributed by atoms with E-state index >= 15 is 0 Å². The Morgan fingerprint density at radius 2 is 2.16 bits per heavy atom. The molecule has 3 atom stereocenters. The molecule has 1 aliphatic heterocycles. The van der Waals surface area contributed by atoms with Gasteiger partial charge in [-0.25, -0.2) is 4.79 Å². The van der Waals surface area contributed by atoms with E-state index < -0.39 is 48.7 Å². The van der Waals surface area contributed by atoms with Gasteiger partial charge in [0.2, 0.25) is 0 Å². The normalized spacial score (nSPS) is 27.7. The summed E-state index contributed by atoms with van der Waals surface area (Å²) >= 11 is 0. The summed E-state index contributed by atoms with van der Waals surface area (Å²) < 4.78 is 44.3. The van der Waals surface area contributed by atoms with Gasteiger partial charge < -0.3 is 9.84 Å². The zero-order valence-electron chi connectivity index (χ0n) is 9.55. The van der Waals surface area contributed by atoms with Crippen LogP contribution < -0.4 is 11.2 Å². The van der Waals surface area contributed by atoms with E-state index in [1.807, 2.05) is 4.98 Å². The van der Waals surface area contributed by atoms with Crippen LogP contribution in [0.15, 0.2) is 21.9 Å². The molecule has 0 spiro atoms. The quantitative estimate of drug-likeness (QED) is 0.798. The molecular formula is C10H11F3N2O4. The summed E-state index contributed by atoms with van der Waals surface area (Å²) in [4.78, 5) is 24.2. The Labute approximate surface area is 104 Å². The molecule has 1 aliphatic rings. The minimum atomic E-state index is -4.57. The number of H-pyrrole nitrogens is 1. The van der Waals surface area contributed by atoms with Gasteiger partial charge in [0.15, 0.2) is 0 Å². The Kier molecular flexibility index (Phi) is 3.50. The fraction of sp³-hybridized carbons (Fsp3) is 0.600. The molecule has 0 saturated carbocycles. The fourth-order valence-corrected chi connectivity index (χ4v) is 2.05. The predicted molar refractivity (Wildman–Crippen MR) is 56.5 cm³/mol. The van der Waals surface area contributed by atoms with Gasteiger partial charge in [-0.05, 0) is 6.42 Å². The highest BCUT2D eigenvalue weighted by Gasteiger charge is 2.52. The van der Waals surface area contributed by atoms with Crippen LogP contribution in [0, 0.1) is 5.92 Å². The molecule has 1 fully saturated rings. The van der Waals surface area contributed by atoms with Crippen molar-refractivity contribution in [2.24, 2.45) is 5.92 Å². The highest BCUT2D eigenvalue weighted by molar-refractivity contribution is 4.90. The van der Waals surface area contributed by atoms with Crippen LogP contribution in [-0.2, 0) is 4.74 Å². The Bertz CT molecular complexity index is 565. The summed E-state index contributed by atoms with van der Waals surface area (Å²) in [7, 11) is 0. The Balaban J connectivity index is 2.40. The van der Waals surface area contributed by atoms with Crippen molar-refractivity contribution >= 4 is 0 Å². The van der Waals surface area contributed by atoms with Crippen molar-refractivity contribution in [1.82, 2.24) is 9.55 Å². The number of aromatic nitrogens is 2. The molecule has 0 radical (unpaired) electrons. The third kappa shape index (κ3) is 2.71. The highest BCUT2D eigenvalue weighted by atomic mass is 19.4. The smallest absolute Gasteiger partial charge is 0.394 e. The maximum atomic E-state index is 12.9. The van der Waals surface area contributed by atoms with Crippen LogP contribution in [-0.4, -0.2) is 33.5 Å². The number of aromatic amines is 1. The van der Waals surface area contributed by atoms with Gasteiger partial charge in [0.25, 0.3) is 5.56 Å². The molecular weight excluding hydrogens is 269 g/mol. The number of nitrogens with zero attached hydrogens (tertiary/aromatic N) is 1. The highest BCUT2D eigenvalue weighted by Crippen LogP contribution is 2.43. The van der Waals surface area contributed by atoms with E-state index in [0.29, 0.717) is 4.57 Å². The third-order valence-electron chi connectivity index (χ3n) is 2.94. The van der Waals surface area contributed by atoms with Gasteiger partial charge in [0.05, 0.1) is 12.7 Å². The van der Waals surface area contributed by atoms with Gasteiger partial charge in [-0.3, -0.25) is 14.3 Å². The number of ether oxygens (including phenoxy) is 1. The first-order chi connectivity index (χ1) is 8.82. The zero-order valence-corrected chi connectivity index (χ0v) is 9.55. The van der Waals surface area contributed by atoms with Crippen molar-refractivity contribution in [3.63, 3.8) is 0 Å². The second kappa shape index (κ2) is 4.82. The molecule has 0 amide bonds. The summed E-state index contributed by atoms with van der Waals surface area (Å²) in [5, 5.41) is 8.89. The molecule has 2 N–H and O–H groups in total. The van der Waals surface area contributed by atoms with Gasteiger partial charge in [0, 0.05) is 12.3 Å². The van der Waals surface area contributed by atoms with E-state index in [1.165, 1.54) is 0 Å². The lowest BCUT2D eigenvalue weighted by atomic mass is 10.0. The second-order valence-electron chi connectivity index (χ2n) is 4.23. The fourth-order valence-electron chi connectivity index (χ4n) is 2.05. The van der Waals surface area contributed by atoms with Gasteiger partial charge in [-0.1, -0.05) is 0 Å². The maximum absolute atomic E-state index is 12.9. The molecule has 2 rings (SSSR count). The number of hydrogen-bond donors (Lipinski definition) is 2. The SMILES string of the molecule is O=c1ccn([C@H]2O[C@H](CO)C[C@@H]2C(F)(F)F)c(=O)[nH]1. The predicted octanol–water partition coefficient (Wildman–Crippen LogP) is -0.00510. The molecule has 6 nitrogen and oxygen atoms in total. The maximum Gasteiger partial charge on any atom is 0.396 e. The lowest BCUT2D eigenvalue weighted by Gasteiger charge is -2.22. The van der Waals surface area contributed by atoms with Crippen molar-refractivity contribution in [2.75, 3.05) is 6.61 Å². The van der Waals surface area contributed by atoms with E-state index in [2.05, 4.69) is 0 Å². The van der Waals surface area contributed by atoms with E-state index in [-0.39, 0.29) is 0 Å². The number of rotatable bonds is 2. The minimum absolute atomic E-state index is 0.434. The molecule has 0 aliphatic carbocycles. The van der Waals surface area contributed by atoms with Crippen LogP contribution in [0.1, 0.15) is 12.6 Å². The Hall–Kier alpha value is -1.61. The number of halogens is 3. The molecule has 0 bridgehead atoms.